The van der Waals surface area contributed by atoms with Crippen LogP contribution in [-0.4, -0.2) is 10.5 Å². The summed E-state index contributed by atoms with van der Waals surface area (Å²) in [7, 11) is 0. The van der Waals surface area contributed by atoms with Crippen molar-refractivity contribution in [2.45, 2.75) is 23.6 Å². The monoisotopic (exact) mass is 288 g/mol. The van der Waals surface area contributed by atoms with Crippen LogP contribution in [0.3, 0.4) is 0 Å². The molecule has 2 aromatic carbocycles. The molecule has 0 fully saturated rings. The van der Waals surface area contributed by atoms with E-state index in [2.05, 4.69) is 5.32 Å². The number of nitrogens with two attached hydrogens (primary N) is 1. The number of aryl methyl sites for hydroxylation is 1. The molecule has 0 radical (unpaired) electrons. The normalized spacial score (nSPS) is 11.9. The second kappa shape index (κ2) is 5.98. The van der Waals surface area contributed by atoms with Crippen LogP contribution in [-0.2, 0) is 16.0 Å². The molecule has 0 aromatic heterocycles. The van der Waals surface area contributed by atoms with Crippen LogP contribution in [0.1, 0.15) is 12.5 Å². The van der Waals surface area contributed by atoms with Gasteiger partial charge in [0.15, 0.2) is 9.79 Å². The highest BCUT2D eigenvalue weighted by molar-refractivity contribution is 7.91. The molecular weight excluding hydrogens is 272 g/mol. The Hall–Kier alpha value is -1.98. The van der Waals surface area contributed by atoms with Crippen LogP contribution >= 0.6 is 0 Å². The first-order chi connectivity index (χ1) is 9.47. The van der Waals surface area contributed by atoms with E-state index in [0.717, 1.165) is 10.5 Å². The van der Waals surface area contributed by atoms with Gasteiger partial charge < -0.3 is 15.6 Å². The zero-order valence-electron chi connectivity index (χ0n) is 11.3. The average molecular weight is 288 g/mol. The predicted octanol–water partition coefficient (Wildman–Crippen LogP) is 2.70. The Kier molecular flexibility index (Phi) is 4.32. The van der Waals surface area contributed by atoms with E-state index < -0.39 is 11.2 Å². The van der Waals surface area contributed by atoms with Crippen molar-refractivity contribution in [1.82, 2.24) is 0 Å². The Balaban J connectivity index is 2.26. The van der Waals surface area contributed by atoms with Gasteiger partial charge in [0.2, 0.25) is 5.91 Å². The van der Waals surface area contributed by atoms with Crippen LogP contribution in [0.4, 0.5) is 11.4 Å². The number of carbonyl (C=O) groups excluding carboxylic acids is 1. The molecule has 2 rings (SSSR count). The maximum Gasteiger partial charge on any atom is 0.221 e. The summed E-state index contributed by atoms with van der Waals surface area (Å²) >= 11 is -1.28. The number of carbonyl (C=O) groups is 1. The molecule has 0 saturated carbocycles. The number of amides is 1. The zero-order valence-corrected chi connectivity index (χ0v) is 12.2. The number of nitrogens with one attached hydrogen (secondary N) is 1. The second-order valence-corrected chi connectivity index (χ2v) is 5.99. The second-order valence-electron chi connectivity index (χ2n) is 4.51. The molecule has 4 nitrogen and oxygen atoms in total. The van der Waals surface area contributed by atoms with Crippen molar-refractivity contribution in [1.29, 1.82) is 0 Å². The fourth-order valence-corrected chi connectivity index (χ4v) is 2.84. The number of hydrogen-bond acceptors (Lipinski definition) is 3. The lowest BCUT2D eigenvalue weighted by Gasteiger charge is -2.12. The molecule has 0 aliphatic carbocycles. The van der Waals surface area contributed by atoms with Crippen LogP contribution in [0.25, 0.3) is 0 Å². The Labute approximate surface area is 121 Å². The lowest BCUT2D eigenvalue weighted by atomic mass is 10.2. The quantitative estimate of drug-likeness (QED) is 0.673. The van der Waals surface area contributed by atoms with E-state index in [0.29, 0.717) is 16.3 Å². The van der Waals surface area contributed by atoms with Crippen molar-refractivity contribution in [2.75, 3.05) is 11.1 Å². The smallest absolute Gasteiger partial charge is 0.221 e. The van der Waals surface area contributed by atoms with E-state index in [9.17, 15) is 9.35 Å². The van der Waals surface area contributed by atoms with E-state index >= 15 is 0 Å². The average Bonchev–Trinajstić information content (AvgIpc) is 2.41. The summed E-state index contributed by atoms with van der Waals surface area (Å²) in [5.74, 6) is -0.191. The minimum absolute atomic E-state index is 0.191. The largest absolute Gasteiger partial charge is 0.606 e. The Morgan fingerprint density at radius 3 is 2.30 bits per heavy atom. The van der Waals surface area contributed by atoms with Gasteiger partial charge in [0, 0.05) is 24.2 Å². The molecule has 0 aliphatic heterocycles. The molecule has 0 aliphatic rings. The van der Waals surface area contributed by atoms with Crippen molar-refractivity contribution in [2.24, 2.45) is 0 Å². The van der Waals surface area contributed by atoms with Crippen molar-refractivity contribution >= 4 is 28.5 Å². The first-order valence-corrected chi connectivity index (χ1v) is 7.28. The van der Waals surface area contributed by atoms with Gasteiger partial charge in [-0.05, 0) is 31.2 Å². The molecule has 5 heteroatoms. The number of anilines is 2. The molecule has 1 atom stereocenters. The van der Waals surface area contributed by atoms with Gasteiger partial charge in [-0.15, -0.1) is 0 Å². The van der Waals surface area contributed by atoms with Gasteiger partial charge in [0.25, 0.3) is 0 Å². The highest BCUT2D eigenvalue weighted by atomic mass is 32.2. The third-order valence-corrected chi connectivity index (χ3v) is 4.17. The number of benzene rings is 2. The van der Waals surface area contributed by atoms with E-state index in [4.69, 9.17) is 5.73 Å². The number of hydrogen-bond donors (Lipinski definition) is 2. The SMILES string of the molecule is CC(=O)Nc1ccc([S+]([O-])c2ccc(C)cc2)cc1N. The molecule has 3 N–H and O–H groups in total. The van der Waals surface area contributed by atoms with Gasteiger partial charge in [-0.1, -0.05) is 17.7 Å². The van der Waals surface area contributed by atoms with E-state index in [1.165, 1.54) is 6.92 Å². The number of rotatable bonds is 3. The maximum absolute atomic E-state index is 12.4. The molecule has 0 saturated heterocycles. The van der Waals surface area contributed by atoms with E-state index in [1.807, 2.05) is 31.2 Å². The molecular formula is C15H16N2O2S. The summed E-state index contributed by atoms with van der Waals surface area (Å²) in [5.41, 5.74) is 7.91. The highest BCUT2D eigenvalue weighted by Gasteiger charge is 2.16. The van der Waals surface area contributed by atoms with Crippen LogP contribution in [0.15, 0.2) is 52.3 Å². The zero-order chi connectivity index (χ0) is 14.7. The molecule has 1 amide bonds. The molecule has 1 unspecified atom stereocenters. The van der Waals surface area contributed by atoms with E-state index in [-0.39, 0.29) is 5.91 Å². The molecule has 20 heavy (non-hydrogen) atoms. The topological polar surface area (TPSA) is 78.2 Å². The molecule has 2 aromatic rings. The highest BCUT2D eigenvalue weighted by Crippen LogP contribution is 2.27. The molecule has 0 spiro atoms. The van der Waals surface area contributed by atoms with Gasteiger partial charge in [0.1, 0.15) is 0 Å². The first-order valence-electron chi connectivity index (χ1n) is 6.13. The summed E-state index contributed by atoms with van der Waals surface area (Å²) in [6, 6.07) is 12.5. The third kappa shape index (κ3) is 3.31. The molecule has 0 heterocycles. The maximum atomic E-state index is 12.4. The van der Waals surface area contributed by atoms with Crippen LogP contribution in [0.5, 0.6) is 0 Å². The first kappa shape index (κ1) is 14.4. The minimum Gasteiger partial charge on any atom is -0.606 e. The molecule has 0 bridgehead atoms. The van der Waals surface area contributed by atoms with Crippen LogP contribution in [0.2, 0.25) is 0 Å². The van der Waals surface area contributed by atoms with Gasteiger partial charge >= 0.3 is 0 Å². The van der Waals surface area contributed by atoms with Gasteiger partial charge in [0.05, 0.1) is 11.4 Å². The Morgan fingerprint density at radius 2 is 1.75 bits per heavy atom. The van der Waals surface area contributed by atoms with Crippen molar-refractivity contribution < 1.29 is 9.35 Å². The van der Waals surface area contributed by atoms with Crippen molar-refractivity contribution in [3.63, 3.8) is 0 Å². The third-order valence-electron chi connectivity index (χ3n) is 2.78. The summed E-state index contributed by atoms with van der Waals surface area (Å²) in [5, 5.41) is 2.62. The Morgan fingerprint density at radius 1 is 1.15 bits per heavy atom. The van der Waals surface area contributed by atoms with Crippen molar-refractivity contribution in [3.8, 4) is 0 Å². The standard InChI is InChI=1S/C15H16N2O2S/c1-10-3-5-12(6-4-10)20(19)13-7-8-15(14(16)9-13)17-11(2)18/h3-9H,16H2,1-2H3,(H,17,18). The summed E-state index contributed by atoms with van der Waals surface area (Å²) in [4.78, 5) is 12.3. The molecule has 104 valence electrons. The fourth-order valence-electron chi connectivity index (χ4n) is 1.76. The summed E-state index contributed by atoms with van der Waals surface area (Å²) in [6.07, 6.45) is 0. The predicted molar refractivity (Wildman–Crippen MR) is 81.0 cm³/mol. The van der Waals surface area contributed by atoms with Gasteiger partial charge in [-0.2, -0.15) is 0 Å². The Bertz CT molecular complexity index is 626. The minimum atomic E-state index is -1.28. The van der Waals surface area contributed by atoms with Crippen molar-refractivity contribution in [3.05, 3.63) is 48.0 Å². The van der Waals surface area contributed by atoms with Crippen LogP contribution < -0.4 is 11.1 Å². The van der Waals surface area contributed by atoms with Gasteiger partial charge in [-0.25, -0.2) is 0 Å². The van der Waals surface area contributed by atoms with Gasteiger partial charge in [-0.3, -0.25) is 4.79 Å². The summed E-state index contributed by atoms with van der Waals surface area (Å²) in [6.45, 7) is 3.39. The summed E-state index contributed by atoms with van der Waals surface area (Å²) < 4.78 is 12.4. The van der Waals surface area contributed by atoms with E-state index in [1.54, 1.807) is 18.2 Å². The lowest BCUT2D eigenvalue weighted by Crippen LogP contribution is -2.09. The number of nitrogen functional groups attached to an aromatic ring is 1. The van der Waals surface area contributed by atoms with Crippen LogP contribution in [0, 0.1) is 6.92 Å². The fraction of sp³-hybridized carbons (Fsp3) is 0.133. The lowest BCUT2D eigenvalue weighted by molar-refractivity contribution is -0.114.